The molecule has 1 heterocycles. The zero-order chi connectivity index (χ0) is 13.5. The Balaban J connectivity index is 1.73. The molecule has 104 valence electrons. The van der Waals surface area contributed by atoms with Crippen molar-refractivity contribution in [1.82, 2.24) is 10.3 Å². The summed E-state index contributed by atoms with van der Waals surface area (Å²) in [5.74, 6) is 0.488. The van der Waals surface area contributed by atoms with Gasteiger partial charge in [-0.25, -0.2) is 4.98 Å². The van der Waals surface area contributed by atoms with Gasteiger partial charge in [0.15, 0.2) is 6.61 Å². The average Bonchev–Trinajstić information content (AvgIpc) is 2.67. The Morgan fingerprint density at radius 1 is 1.32 bits per heavy atom. The lowest BCUT2D eigenvalue weighted by atomic mass is 10.1. The number of nitrogens with zero attached hydrogens (tertiary/aromatic N) is 1. The second kappa shape index (κ2) is 7.34. The number of ether oxygens (including phenoxy) is 1. The predicted molar refractivity (Wildman–Crippen MR) is 74.4 cm³/mol. The maximum Gasteiger partial charge on any atom is 0.258 e. The van der Waals surface area contributed by atoms with E-state index in [0.29, 0.717) is 16.9 Å². The molecule has 1 N–H and O–H groups in total. The van der Waals surface area contributed by atoms with Crippen molar-refractivity contribution in [2.24, 2.45) is 0 Å². The van der Waals surface area contributed by atoms with Gasteiger partial charge in [-0.1, -0.05) is 37.3 Å². The first kappa shape index (κ1) is 14.1. The first-order chi connectivity index (χ1) is 9.24. The Labute approximate surface area is 118 Å². The largest absolute Gasteiger partial charge is 0.482 e. The monoisotopic (exact) mass is 282 g/mol. The van der Waals surface area contributed by atoms with Crippen molar-refractivity contribution < 1.29 is 9.53 Å². The Kier molecular flexibility index (Phi) is 5.45. The molecule has 0 spiro atoms. The van der Waals surface area contributed by atoms with Gasteiger partial charge < -0.3 is 10.1 Å². The van der Waals surface area contributed by atoms with E-state index in [4.69, 9.17) is 16.3 Å². The minimum atomic E-state index is -0.0677. The fourth-order valence-electron chi connectivity index (χ4n) is 2.29. The summed E-state index contributed by atoms with van der Waals surface area (Å²) in [5.41, 5.74) is 0. The van der Waals surface area contributed by atoms with Crippen LogP contribution in [-0.2, 0) is 4.79 Å². The van der Waals surface area contributed by atoms with Crippen molar-refractivity contribution in [2.45, 2.75) is 44.6 Å². The lowest BCUT2D eigenvalue weighted by Gasteiger charge is -2.16. The van der Waals surface area contributed by atoms with E-state index in [9.17, 15) is 4.79 Å². The second-order valence-electron chi connectivity index (χ2n) is 4.86. The standard InChI is InChI=1S/C14H19ClN2O2/c15-13-8-7-12(9-16-13)19-10-14(18)17-11-5-3-1-2-4-6-11/h7-9,11H,1-6,10H2,(H,17,18). The summed E-state index contributed by atoms with van der Waals surface area (Å²) in [7, 11) is 0. The highest BCUT2D eigenvalue weighted by Gasteiger charge is 2.14. The van der Waals surface area contributed by atoms with Gasteiger partial charge in [0.1, 0.15) is 10.9 Å². The maximum atomic E-state index is 11.8. The molecule has 5 heteroatoms. The summed E-state index contributed by atoms with van der Waals surface area (Å²) in [6.07, 6.45) is 8.63. The summed E-state index contributed by atoms with van der Waals surface area (Å²) in [5, 5.41) is 3.44. The van der Waals surface area contributed by atoms with Crippen molar-refractivity contribution in [3.8, 4) is 5.75 Å². The molecule has 0 bridgehead atoms. The number of aromatic nitrogens is 1. The Hall–Kier alpha value is -1.29. The zero-order valence-electron chi connectivity index (χ0n) is 10.9. The van der Waals surface area contributed by atoms with Crippen LogP contribution in [0.4, 0.5) is 0 Å². The molecular formula is C14H19ClN2O2. The van der Waals surface area contributed by atoms with E-state index in [2.05, 4.69) is 10.3 Å². The number of nitrogens with one attached hydrogen (secondary N) is 1. The molecule has 4 nitrogen and oxygen atoms in total. The number of rotatable bonds is 4. The van der Waals surface area contributed by atoms with Gasteiger partial charge in [-0.05, 0) is 25.0 Å². The third kappa shape index (κ3) is 5.07. The maximum absolute atomic E-state index is 11.8. The molecule has 0 saturated heterocycles. The third-order valence-electron chi connectivity index (χ3n) is 3.29. The molecule has 2 rings (SSSR count). The minimum absolute atomic E-state index is 0.0276. The van der Waals surface area contributed by atoms with Crippen LogP contribution in [0.2, 0.25) is 5.15 Å². The first-order valence-corrected chi connectivity index (χ1v) is 7.15. The SMILES string of the molecule is O=C(COc1ccc(Cl)nc1)NC1CCCCCC1. The Morgan fingerprint density at radius 2 is 2.05 bits per heavy atom. The van der Waals surface area contributed by atoms with Crippen molar-refractivity contribution in [3.63, 3.8) is 0 Å². The molecule has 0 radical (unpaired) electrons. The molecule has 19 heavy (non-hydrogen) atoms. The van der Waals surface area contributed by atoms with Gasteiger partial charge in [0.2, 0.25) is 0 Å². The highest BCUT2D eigenvalue weighted by atomic mass is 35.5. The van der Waals surface area contributed by atoms with Gasteiger partial charge in [0, 0.05) is 6.04 Å². The molecule has 1 aromatic rings. The molecule has 0 atom stereocenters. The van der Waals surface area contributed by atoms with Gasteiger partial charge in [-0.2, -0.15) is 0 Å². The van der Waals surface area contributed by atoms with Crippen LogP contribution < -0.4 is 10.1 Å². The first-order valence-electron chi connectivity index (χ1n) is 6.78. The second-order valence-corrected chi connectivity index (χ2v) is 5.25. The molecule has 1 amide bonds. The van der Waals surface area contributed by atoms with E-state index in [1.807, 2.05) is 0 Å². The van der Waals surface area contributed by atoms with Crippen LogP contribution in [0.15, 0.2) is 18.3 Å². The summed E-state index contributed by atoms with van der Waals surface area (Å²) >= 11 is 5.67. The smallest absolute Gasteiger partial charge is 0.258 e. The number of carbonyl (C=O) groups is 1. The van der Waals surface area contributed by atoms with Crippen molar-refractivity contribution in [1.29, 1.82) is 0 Å². The average molecular weight is 283 g/mol. The van der Waals surface area contributed by atoms with Crippen LogP contribution in [0.5, 0.6) is 5.75 Å². The van der Waals surface area contributed by atoms with Gasteiger partial charge in [-0.3, -0.25) is 4.79 Å². The topological polar surface area (TPSA) is 51.2 Å². The van der Waals surface area contributed by atoms with E-state index in [1.54, 1.807) is 12.1 Å². The van der Waals surface area contributed by atoms with Crippen LogP contribution >= 0.6 is 11.6 Å². The van der Waals surface area contributed by atoms with Crippen LogP contribution in [0.3, 0.4) is 0 Å². The van der Waals surface area contributed by atoms with Crippen LogP contribution in [-0.4, -0.2) is 23.5 Å². The van der Waals surface area contributed by atoms with E-state index in [1.165, 1.54) is 31.9 Å². The van der Waals surface area contributed by atoms with Crippen molar-refractivity contribution in [2.75, 3.05) is 6.61 Å². The zero-order valence-corrected chi connectivity index (χ0v) is 11.7. The molecule has 1 aromatic heterocycles. The number of hydrogen-bond acceptors (Lipinski definition) is 3. The van der Waals surface area contributed by atoms with Gasteiger partial charge >= 0.3 is 0 Å². The summed E-state index contributed by atoms with van der Waals surface area (Å²) in [6.45, 7) is 0.0276. The van der Waals surface area contributed by atoms with E-state index < -0.39 is 0 Å². The summed E-state index contributed by atoms with van der Waals surface area (Å²) < 4.78 is 5.36. The lowest BCUT2D eigenvalue weighted by Crippen LogP contribution is -2.37. The molecule has 1 saturated carbocycles. The van der Waals surface area contributed by atoms with E-state index in [0.717, 1.165) is 12.8 Å². The molecule has 0 aliphatic heterocycles. The molecule has 0 unspecified atom stereocenters. The highest BCUT2D eigenvalue weighted by Crippen LogP contribution is 2.17. The van der Waals surface area contributed by atoms with E-state index >= 15 is 0 Å². The third-order valence-corrected chi connectivity index (χ3v) is 3.51. The molecule has 1 fully saturated rings. The van der Waals surface area contributed by atoms with Gasteiger partial charge in [0.25, 0.3) is 5.91 Å². The predicted octanol–water partition coefficient (Wildman–Crippen LogP) is 2.95. The highest BCUT2D eigenvalue weighted by molar-refractivity contribution is 6.29. The van der Waals surface area contributed by atoms with E-state index in [-0.39, 0.29) is 12.5 Å². The number of carbonyl (C=O) groups excluding carboxylic acids is 1. The van der Waals surface area contributed by atoms with Crippen LogP contribution in [0.1, 0.15) is 38.5 Å². The Morgan fingerprint density at radius 3 is 2.68 bits per heavy atom. The lowest BCUT2D eigenvalue weighted by molar-refractivity contribution is -0.123. The quantitative estimate of drug-likeness (QED) is 0.682. The van der Waals surface area contributed by atoms with Crippen LogP contribution in [0.25, 0.3) is 0 Å². The molecular weight excluding hydrogens is 264 g/mol. The van der Waals surface area contributed by atoms with Gasteiger partial charge in [-0.15, -0.1) is 0 Å². The van der Waals surface area contributed by atoms with Crippen LogP contribution in [0, 0.1) is 0 Å². The fraction of sp³-hybridized carbons (Fsp3) is 0.571. The Bertz CT molecular complexity index is 400. The summed E-state index contributed by atoms with van der Waals surface area (Å²) in [6, 6.07) is 3.65. The normalized spacial score (nSPS) is 16.7. The molecule has 0 aromatic carbocycles. The molecule has 1 aliphatic carbocycles. The number of pyridine rings is 1. The van der Waals surface area contributed by atoms with Crippen molar-refractivity contribution in [3.05, 3.63) is 23.5 Å². The summed E-state index contributed by atoms with van der Waals surface area (Å²) in [4.78, 5) is 15.7. The number of hydrogen-bond donors (Lipinski definition) is 1. The number of amides is 1. The number of halogens is 1. The van der Waals surface area contributed by atoms with Gasteiger partial charge in [0.05, 0.1) is 6.20 Å². The minimum Gasteiger partial charge on any atom is -0.482 e. The fourth-order valence-corrected chi connectivity index (χ4v) is 2.40. The molecule has 1 aliphatic rings. The van der Waals surface area contributed by atoms with Crippen molar-refractivity contribution >= 4 is 17.5 Å².